The first-order chi connectivity index (χ1) is 9.19. The topological polar surface area (TPSA) is 18.5 Å². The van der Waals surface area contributed by atoms with E-state index in [4.69, 9.17) is 9.47 Å². The summed E-state index contributed by atoms with van der Waals surface area (Å²) in [6.07, 6.45) is 6.41. The SMILES string of the molecule is COc1cc(C)ccc1OCC1(CS)CCCCC1. The lowest BCUT2D eigenvalue weighted by Gasteiger charge is -2.35. The third kappa shape index (κ3) is 3.59. The minimum atomic E-state index is 0.247. The molecule has 0 heterocycles. The molecule has 0 bridgehead atoms. The van der Waals surface area contributed by atoms with Crippen LogP contribution in [0.15, 0.2) is 18.2 Å². The molecule has 0 aromatic heterocycles. The summed E-state index contributed by atoms with van der Waals surface area (Å²) >= 11 is 4.55. The Morgan fingerprint density at radius 3 is 2.53 bits per heavy atom. The van der Waals surface area contributed by atoms with E-state index in [2.05, 4.69) is 25.6 Å². The molecule has 19 heavy (non-hydrogen) atoms. The number of rotatable bonds is 5. The zero-order chi connectivity index (χ0) is 13.7. The Morgan fingerprint density at radius 2 is 1.89 bits per heavy atom. The summed E-state index contributed by atoms with van der Waals surface area (Å²) < 4.78 is 11.4. The van der Waals surface area contributed by atoms with Crippen molar-refractivity contribution in [2.75, 3.05) is 19.5 Å². The van der Waals surface area contributed by atoms with Crippen LogP contribution >= 0.6 is 12.6 Å². The second kappa shape index (κ2) is 6.56. The van der Waals surface area contributed by atoms with Crippen molar-refractivity contribution < 1.29 is 9.47 Å². The normalized spacial score (nSPS) is 18.1. The first kappa shape index (κ1) is 14.6. The molecule has 2 rings (SSSR count). The molecule has 0 aliphatic heterocycles. The van der Waals surface area contributed by atoms with Gasteiger partial charge in [0.05, 0.1) is 13.7 Å². The summed E-state index contributed by atoms with van der Waals surface area (Å²) in [5.74, 6) is 2.58. The van der Waals surface area contributed by atoms with Crippen molar-refractivity contribution in [2.45, 2.75) is 39.0 Å². The van der Waals surface area contributed by atoms with Gasteiger partial charge in [0.15, 0.2) is 11.5 Å². The average Bonchev–Trinajstić information content (AvgIpc) is 2.47. The van der Waals surface area contributed by atoms with E-state index in [9.17, 15) is 0 Å². The van der Waals surface area contributed by atoms with E-state index in [1.54, 1.807) is 7.11 Å². The van der Waals surface area contributed by atoms with E-state index in [-0.39, 0.29) is 5.41 Å². The number of methoxy groups -OCH3 is 1. The highest BCUT2D eigenvalue weighted by Gasteiger charge is 2.31. The van der Waals surface area contributed by atoms with Gasteiger partial charge in [-0.3, -0.25) is 0 Å². The van der Waals surface area contributed by atoms with Gasteiger partial charge in [-0.05, 0) is 43.2 Å². The number of thiol groups is 1. The Morgan fingerprint density at radius 1 is 1.16 bits per heavy atom. The maximum atomic E-state index is 6.04. The molecule has 1 aliphatic rings. The zero-order valence-electron chi connectivity index (χ0n) is 11.9. The van der Waals surface area contributed by atoms with Gasteiger partial charge in [0, 0.05) is 5.41 Å². The molecule has 3 heteroatoms. The van der Waals surface area contributed by atoms with Crippen LogP contribution < -0.4 is 9.47 Å². The molecular formula is C16H24O2S. The van der Waals surface area contributed by atoms with Crippen LogP contribution in [0.4, 0.5) is 0 Å². The second-order valence-electron chi connectivity index (χ2n) is 5.66. The Hall–Kier alpha value is -0.830. The van der Waals surface area contributed by atoms with Crippen LogP contribution in [-0.2, 0) is 0 Å². The monoisotopic (exact) mass is 280 g/mol. The third-order valence-electron chi connectivity index (χ3n) is 4.10. The molecular weight excluding hydrogens is 256 g/mol. The first-order valence-corrected chi connectivity index (χ1v) is 7.71. The first-order valence-electron chi connectivity index (χ1n) is 7.07. The summed E-state index contributed by atoms with van der Waals surface area (Å²) in [6.45, 7) is 2.80. The van der Waals surface area contributed by atoms with Crippen molar-refractivity contribution in [3.8, 4) is 11.5 Å². The third-order valence-corrected chi connectivity index (χ3v) is 4.77. The van der Waals surface area contributed by atoms with E-state index < -0.39 is 0 Å². The lowest BCUT2D eigenvalue weighted by atomic mass is 9.76. The van der Waals surface area contributed by atoms with Gasteiger partial charge in [0.2, 0.25) is 0 Å². The number of hydrogen-bond donors (Lipinski definition) is 1. The largest absolute Gasteiger partial charge is 0.493 e. The van der Waals surface area contributed by atoms with Crippen LogP contribution in [-0.4, -0.2) is 19.5 Å². The molecule has 1 saturated carbocycles. The fourth-order valence-corrected chi connectivity index (χ4v) is 3.18. The van der Waals surface area contributed by atoms with Crippen molar-refractivity contribution in [1.82, 2.24) is 0 Å². The van der Waals surface area contributed by atoms with Crippen LogP contribution in [0.2, 0.25) is 0 Å². The molecule has 1 aromatic rings. The lowest BCUT2D eigenvalue weighted by Crippen LogP contribution is -2.33. The standard InChI is InChI=1S/C16H24O2S/c1-13-6-7-14(15(10-13)17-2)18-11-16(12-19)8-4-3-5-9-16/h6-7,10,19H,3-5,8-9,11-12H2,1-2H3. The van der Waals surface area contributed by atoms with E-state index >= 15 is 0 Å². The van der Waals surface area contributed by atoms with Crippen LogP contribution in [0, 0.1) is 12.3 Å². The molecule has 1 aromatic carbocycles. The van der Waals surface area contributed by atoms with Crippen LogP contribution in [0.5, 0.6) is 11.5 Å². The number of ether oxygens (including phenoxy) is 2. The van der Waals surface area contributed by atoms with E-state index in [0.717, 1.165) is 23.9 Å². The van der Waals surface area contributed by atoms with Gasteiger partial charge < -0.3 is 9.47 Å². The smallest absolute Gasteiger partial charge is 0.161 e. The minimum absolute atomic E-state index is 0.247. The fraction of sp³-hybridized carbons (Fsp3) is 0.625. The van der Waals surface area contributed by atoms with Crippen LogP contribution in [0.25, 0.3) is 0 Å². The van der Waals surface area contributed by atoms with Crippen molar-refractivity contribution in [2.24, 2.45) is 5.41 Å². The highest BCUT2D eigenvalue weighted by atomic mass is 32.1. The molecule has 0 radical (unpaired) electrons. The molecule has 106 valence electrons. The van der Waals surface area contributed by atoms with Gasteiger partial charge in [-0.1, -0.05) is 25.3 Å². The summed E-state index contributed by atoms with van der Waals surface area (Å²) in [5, 5.41) is 0. The lowest BCUT2D eigenvalue weighted by molar-refractivity contribution is 0.118. The minimum Gasteiger partial charge on any atom is -0.493 e. The fourth-order valence-electron chi connectivity index (χ4n) is 2.77. The molecule has 2 nitrogen and oxygen atoms in total. The quantitative estimate of drug-likeness (QED) is 0.812. The highest BCUT2D eigenvalue weighted by Crippen LogP contribution is 2.39. The van der Waals surface area contributed by atoms with Gasteiger partial charge in [-0.15, -0.1) is 0 Å². The highest BCUT2D eigenvalue weighted by molar-refractivity contribution is 7.80. The molecule has 0 atom stereocenters. The molecule has 0 saturated heterocycles. The molecule has 1 fully saturated rings. The number of aryl methyl sites for hydroxylation is 1. The maximum absolute atomic E-state index is 6.04. The van der Waals surface area contributed by atoms with E-state index in [1.807, 2.05) is 12.1 Å². The van der Waals surface area contributed by atoms with Crippen molar-refractivity contribution in [3.63, 3.8) is 0 Å². The summed E-state index contributed by atoms with van der Waals surface area (Å²) in [4.78, 5) is 0. The van der Waals surface area contributed by atoms with Crippen molar-refractivity contribution in [1.29, 1.82) is 0 Å². The summed E-state index contributed by atoms with van der Waals surface area (Å²) in [6, 6.07) is 6.08. The summed E-state index contributed by atoms with van der Waals surface area (Å²) in [5.41, 5.74) is 1.43. The Labute approximate surface area is 121 Å². The second-order valence-corrected chi connectivity index (χ2v) is 5.98. The van der Waals surface area contributed by atoms with Crippen molar-refractivity contribution >= 4 is 12.6 Å². The maximum Gasteiger partial charge on any atom is 0.161 e. The number of hydrogen-bond acceptors (Lipinski definition) is 3. The summed E-state index contributed by atoms with van der Waals surface area (Å²) in [7, 11) is 1.69. The van der Waals surface area contributed by atoms with E-state index in [0.29, 0.717) is 0 Å². The molecule has 1 aliphatic carbocycles. The zero-order valence-corrected chi connectivity index (χ0v) is 12.8. The van der Waals surface area contributed by atoms with Gasteiger partial charge in [0.25, 0.3) is 0 Å². The van der Waals surface area contributed by atoms with Crippen LogP contribution in [0.3, 0.4) is 0 Å². The molecule has 0 spiro atoms. The predicted octanol–water partition coefficient (Wildman–Crippen LogP) is 4.26. The molecule has 0 unspecified atom stereocenters. The van der Waals surface area contributed by atoms with Gasteiger partial charge in [-0.2, -0.15) is 12.6 Å². The molecule has 0 N–H and O–H groups in total. The van der Waals surface area contributed by atoms with Crippen LogP contribution in [0.1, 0.15) is 37.7 Å². The van der Waals surface area contributed by atoms with Gasteiger partial charge in [0.1, 0.15) is 0 Å². The average molecular weight is 280 g/mol. The van der Waals surface area contributed by atoms with Gasteiger partial charge in [-0.25, -0.2) is 0 Å². The Kier molecular flexibility index (Phi) is 5.03. The van der Waals surface area contributed by atoms with Gasteiger partial charge >= 0.3 is 0 Å². The Balaban J connectivity index is 2.04. The molecule has 0 amide bonds. The van der Waals surface area contributed by atoms with E-state index in [1.165, 1.54) is 37.7 Å². The predicted molar refractivity (Wildman–Crippen MR) is 82.6 cm³/mol. The van der Waals surface area contributed by atoms with Crippen molar-refractivity contribution in [3.05, 3.63) is 23.8 Å². The Bertz CT molecular complexity index is 411. The number of benzene rings is 1.